The van der Waals surface area contributed by atoms with E-state index in [2.05, 4.69) is 0 Å². The molecule has 0 spiro atoms. The Morgan fingerprint density at radius 2 is 2.58 bits per heavy atom. The molecule has 0 saturated carbocycles. The molecule has 1 heterocycles. The molecule has 1 aliphatic heterocycles. The van der Waals surface area contributed by atoms with Gasteiger partial charge in [0, 0.05) is 13.7 Å². The molecule has 0 aromatic carbocycles. The van der Waals surface area contributed by atoms with Gasteiger partial charge in [0.05, 0.1) is 13.2 Å². The minimum atomic E-state index is -0.479. The Morgan fingerprint density at radius 1 is 1.83 bits per heavy atom. The van der Waals surface area contributed by atoms with Gasteiger partial charge >= 0.3 is 0 Å². The molecule has 1 amide bonds. The third kappa shape index (κ3) is 2.17. The summed E-state index contributed by atoms with van der Waals surface area (Å²) in [7, 11) is 1.62. The molecule has 1 fully saturated rings. The van der Waals surface area contributed by atoms with Gasteiger partial charge in [-0.05, 0) is 6.42 Å². The van der Waals surface area contributed by atoms with Crippen molar-refractivity contribution in [3.8, 4) is 0 Å². The normalized spacial score (nSPS) is 23.7. The average Bonchev–Trinajstić information content (AvgIpc) is 2.36. The van der Waals surface area contributed by atoms with Crippen molar-refractivity contribution in [3.63, 3.8) is 0 Å². The number of hydrogen-bond acceptors (Lipinski definition) is 4. The lowest BCUT2D eigenvalue weighted by atomic mass is 10.3. The molecule has 1 atom stereocenters. The van der Waals surface area contributed by atoms with Crippen molar-refractivity contribution in [3.05, 3.63) is 0 Å². The van der Waals surface area contributed by atoms with Crippen LogP contribution in [0.3, 0.4) is 0 Å². The number of hydrogen-bond donors (Lipinski definition) is 1. The fourth-order valence-corrected chi connectivity index (χ4v) is 1.02. The van der Waals surface area contributed by atoms with Gasteiger partial charge in [-0.25, -0.2) is 5.06 Å². The van der Waals surface area contributed by atoms with E-state index in [9.17, 15) is 4.79 Å². The molecule has 70 valence electrons. The van der Waals surface area contributed by atoms with Gasteiger partial charge in [-0.15, -0.1) is 0 Å². The summed E-state index contributed by atoms with van der Waals surface area (Å²) in [5, 5.41) is 1.31. The number of carbonyl (C=O) groups is 1. The molecule has 2 N–H and O–H groups in total. The summed E-state index contributed by atoms with van der Waals surface area (Å²) in [4.78, 5) is 16.2. The largest absolute Gasteiger partial charge is 0.385 e. The van der Waals surface area contributed by atoms with Crippen LogP contribution in [-0.2, 0) is 14.4 Å². The predicted molar refractivity (Wildman–Crippen MR) is 42.1 cm³/mol. The van der Waals surface area contributed by atoms with Gasteiger partial charge in [0.25, 0.3) is 5.91 Å². The van der Waals surface area contributed by atoms with Gasteiger partial charge in [0.2, 0.25) is 0 Å². The Kier molecular flexibility index (Phi) is 3.46. The first kappa shape index (κ1) is 9.44. The standard InChI is InChI=1S/C7H14N2O3/c1-11-4-2-3-9-7(10)6(8)5-12-9/h6H,2-5,8H2,1H3. The van der Waals surface area contributed by atoms with Gasteiger partial charge < -0.3 is 10.5 Å². The van der Waals surface area contributed by atoms with Crippen LogP contribution in [0.5, 0.6) is 0 Å². The number of nitrogens with two attached hydrogens (primary N) is 1. The second-order valence-electron chi connectivity index (χ2n) is 2.69. The van der Waals surface area contributed by atoms with Crippen molar-refractivity contribution in [1.29, 1.82) is 0 Å². The van der Waals surface area contributed by atoms with E-state index in [-0.39, 0.29) is 5.91 Å². The maximum absolute atomic E-state index is 11.1. The van der Waals surface area contributed by atoms with Gasteiger partial charge in [-0.1, -0.05) is 0 Å². The zero-order valence-corrected chi connectivity index (χ0v) is 7.16. The van der Waals surface area contributed by atoms with E-state index < -0.39 is 6.04 Å². The van der Waals surface area contributed by atoms with Crippen molar-refractivity contribution in [2.24, 2.45) is 5.73 Å². The minimum absolute atomic E-state index is 0.133. The highest BCUT2D eigenvalue weighted by atomic mass is 16.7. The SMILES string of the molecule is COCCCN1OCC(N)C1=O. The molecule has 5 nitrogen and oxygen atoms in total. The van der Waals surface area contributed by atoms with E-state index in [1.54, 1.807) is 7.11 Å². The summed E-state index contributed by atoms with van der Waals surface area (Å²) in [5.74, 6) is -0.133. The second kappa shape index (κ2) is 4.39. The van der Waals surface area contributed by atoms with Gasteiger partial charge in [-0.3, -0.25) is 9.63 Å². The number of ether oxygens (including phenoxy) is 1. The number of nitrogens with zero attached hydrogens (tertiary/aromatic N) is 1. The van der Waals surface area contributed by atoms with Crippen molar-refractivity contribution in [2.45, 2.75) is 12.5 Å². The molecular weight excluding hydrogens is 160 g/mol. The third-order valence-corrected chi connectivity index (χ3v) is 1.68. The van der Waals surface area contributed by atoms with Crippen molar-refractivity contribution >= 4 is 5.91 Å². The maximum atomic E-state index is 11.1. The van der Waals surface area contributed by atoms with Crippen LogP contribution in [-0.4, -0.2) is 43.9 Å². The van der Waals surface area contributed by atoms with Crippen LogP contribution in [0.2, 0.25) is 0 Å². The van der Waals surface area contributed by atoms with E-state index >= 15 is 0 Å². The first-order chi connectivity index (χ1) is 5.75. The Bertz CT molecular complexity index is 163. The quantitative estimate of drug-likeness (QED) is 0.562. The lowest BCUT2D eigenvalue weighted by molar-refractivity contribution is -0.162. The molecule has 0 radical (unpaired) electrons. The number of carbonyl (C=O) groups excluding carboxylic acids is 1. The monoisotopic (exact) mass is 174 g/mol. The Morgan fingerprint density at radius 3 is 3.08 bits per heavy atom. The highest BCUT2D eigenvalue weighted by Gasteiger charge is 2.29. The summed E-state index contributed by atoms with van der Waals surface area (Å²) in [6, 6.07) is -0.479. The summed E-state index contributed by atoms with van der Waals surface area (Å²) in [5.41, 5.74) is 5.43. The number of hydroxylamine groups is 2. The van der Waals surface area contributed by atoms with Crippen molar-refractivity contribution in [2.75, 3.05) is 26.9 Å². The second-order valence-corrected chi connectivity index (χ2v) is 2.69. The van der Waals surface area contributed by atoms with Crippen molar-refractivity contribution < 1.29 is 14.4 Å². The Hall–Kier alpha value is -0.650. The maximum Gasteiger partial charge on any atom is 0.265 e. The molecule has 12 heavy (non-hydrogen) atoms. The molecule has 1 unspecified atom stereocenters. The summed E-state index contributed by atoms with van der Waals surface area (Å²) < 4.78 is 4.84. The van der Waals surface area contributed by atoms with Gasteiger partial charge in [0.1, 0.15) is 6.04 Å². The Balaban J connectivity index is 2.20. The summed E-state index contributed by atoms with van der Waals surface area (Å²) in [6.45, 7) is 1.48. The minimum Gasteiger partial charge on any atom is -0.385 e. The zero-order chi connectivity index (χ0) is 8.97. The van der Waals surface area contributed by atoms with E-state index in [4.69, 9.17) is 15.3 Å². The average molecular weight is 174 g/mol. The molecule has 0 aromatic heterocycles. The molecule has 1 aliphatic rings. The number of methoxy groups -OCH3 is 1. The van der Waals surface area contributed by atoms with Crippen LogP contribution in [0, 0.1) is 0 Å². The van der Waals surface area contributed by atoms with Crippen LogP contribution in [0.4, 0.5) is 0 Å². The van der Waals surface area contributed by atoms with Crippen LogP contribution in [0.15, 0.2) is 0 Å². The third-order valence-electron chi connectivity index (χ3n) is 1.68. The molecule has 0 aliphatic carbocycles. The highest BCUT2D eigenvalue weighted by molar-refractivity contribution is 5.82. The van der Waals surface area contributed by atoms with Crippen LogP contribution >= 0.6 is 0 Å². The van der Waals surface area contributed by atoms with E-state index in [1.165, 1.54) is 5.06 Å². The summed E-state index contributed by atoms with van der Waals surface area (Å²) >= 11 is 0. The first-order valence-electron chi connectivity index (χ1n) is 3.94. The van der Waals surface area contributed by atoms with Crippen LogP contribution < -0.4 is 5.73 Å². The zero-order valence-electron chi connectivity index (χ0n) is 7.16. The molecule has 0 aromatic rings. The molecule has 5 heteroatoms. The fraction of sp³-hybridized carbons (Fsp3) is 0.857. The van der Waals surface area contributed by atoms with E-state index in [0.717, 1.165) is 6.42 Å². The summed E-state index contributed by atoms with van der Waals surface area (Å²) in [6.07, 6.45) is 0.773. The highest BCUT2D eigenvalue weighted by Crippen LogP contribution is 2.05. The fourth-order valence-electron chi connectivity index (χ4n) is 1.02. The topological polar surface area (TPSA) is 64.8 Å². The molecule has 0 bridgehead atoms. The number of amides is 1. The smallest absolute Gasteiger partial charge is 0.265 e. The van der Waals surface area contributed by atoms with E-state index in [1.807, 2.05) is 0 Å². The lowest BCUT2D eigenvalue weighted by Crippen LogP contribution is -2.35. The lowest BCUT2D eigenvalue weighted by Gasteiger charge is -2.12. The Labute approximate surface area is 71.4 Å². The van der Waals surface area contributed by atoms with Crippen molar-refractivity contribution in [1.82, 2.24) is 5.06 Å². The molecule has 1 rings (SSSR count). The van der Waals surface area contributed by atoms with Gasteiger partial charge in [-0.2, -0.15) is 0 Å². The van der Waals surface area contributed by atoms with E-state index in [0.29, 0.717) is 19.8 Å². The first-order valence-corrected chi connectivity index (χ1v) is 3.94. The molecule has 1 saturated heterocycles. The van der Waals surface area contributed by atoms with Crippen LogP contribution in [0.1, 0.15) is 6.42 Å². The van der Waals surface area contributed by atoms with Gasteiger partial charge in [0.15, 0.2) is 0 Å². The number of rotatable bonds is 4. The predicted octanol–water partition coefficient (Wildman–Crippen LogP) is -0.876. The molecular formula is C7H14N2O3. The van der Waals surface area contributed by atoms with Crippen LogP contribution in [0.25, 0.3) is 0 Å².